The molecule has 0 unspecified atom stereocenters. The van der Waals surface area contributed by atoms with Gasteiger partial charge in [-0.05, 0) is 56.4 Å². The van der Waals surface area contributed by atoms with Crippen LogP contribution in [0.25, 0.3) is 0 Å². The van der Waals surface area contributed by atoms with Crippen molar-refractivity contribution in [3.63, 3.8) is 0 Å². The molecule has 2 N–H and O–H groups in total. The molecule has 1 fully saturated rings. The average molecular weight is 428 g/mol. The van der Waals surface area contributed by atoms with Crippen LogP contribution in [0.2, 0.25) is 0 Å². The Morgan fingerprint density at radius 1 is 1.03 bits per heavy atom. The summed E-state index contributed by atoms with van der Waals surface area (Å²) in [6.07, 6.45) is 3.32. The number of nitrogens with zero attached hydrogens (tertiary/aromatic N) is 1. The van der Waals surface area contributed by atoms with Crippen molar-refractivity contribution >= 4 is 24.2 Å². The van der Waals surface area contributed by atoms with E-state index in [1.54, 1.807) is 19.2 Å². The fourth-order valence-electron chi connectivity index (χ4n) is 3.34. The normalized spacial score (nSPS) is 13.6. The van der Waals surface area contributed by atoms with Crippen LogP contribution in [-0.4, -0.2) is 69.8 Å². The van der Waals surface area contributed by atoms with Crippen molar-refractivity contribution in [3.05, 3.63) is 28.8 Å². The molecule has 2 amide bonds. The zero-order valence-electron chi connectivity index (χ0n) is 17.7. The molecule has 0 bridgehead atoms. The maximum absolute atomic E-state index is 12.4. The molecule has 1 aliphatic heterocycles. The summed E-state index contributed by atoms with van der Waals surface area (Å²) in [6, 6.07) is 3.61. The van der Waals surface area contributed by atoms with Crippen molar-refractivity contribution in [1.29, 1.82) is 0 Å². The number of piperidine rings is 1. The number of rotatable bonds is 10. The predicted octanol–water partition coefficient (Wildman–Crippen LogP) is 2.08. The number of carbonyl (C=O) groups excluding carboxylic acids is 2. The van der Waals surface area contributed by atoms with Gasteiger partial charge in [0.1, 0.15) is 5.75 Å². The molecule has 0 aliphatic carbocycles. The van der Waals surface area contributed by atoms with Gasteiger partial charge in [0.2, 0.25) is 0 Å². The molecule has 7 nitrogen and oxygen atoms in total. The number of benzene rings is 1. The van der Waals surface area contributed by atoms with E-state index in [4.69, 9.17) is 9.47 Å². The monoisotopic (exact) mass is 427 g/mol. The second-order valence-electron chi connectivity index (χ2n) is 7.17. The first-order valence-electron chi connectivity index (χ1n) is 10.0. The van der Waals surface area contributed by atoms with E-state index >= 15 is 0 Å². The van der Waals surface area contributed by atoms with Crippen LogP contribution in [0.15, 0.2) is 12.1 Å². The van der Waals surface area contributed by atoms with Gasteiger partial charge in [0.05, 0.1) is 6.61 Å². The van der Waals surface area contributed by atoms with E-state index in [0.29, 0.717) is 31.0 Å². The number of likely N-dealkylation sites (tertiary alicyclic amines) is 1. The van der Waals surface area contributed by atoms with Gasteiger partial charge >= 0.3 is 0 Å². The third kappa shape index (κ3) is 8.20. The second-order valence-corrected chi connectivity index (χ2v) is 7.17. The fraction of sp³-hybridized carbons (Fsp3) is 0.619. The summed E-state index contributed by atoms with van der Waals surface area (Å²) >= 11 is 0. The number of hydrogen-bond acceptors (Lipinski definition) is 5. The summed E-state index contributed by atoms with van der Waals surface area (Å²) < 4.78 is 10.8. The zero-order chi connectivity index (χ0) is 20.4. The number of halogens is 1. The smallest absolute Gasteiger partial charge is 0.260 e. The van der Waals surface area contributed by atoms with Crippen molar-refractivity contribution in [3.8, 4) is 5.75 Å². The molecule has 8 heteroatoms. The van der Waals surface area contributed by atoms with Crippen LogP contribution in [0.4, 0.5) is 0 Å². The molecule has 0 aromatic heterocycles. The minimum absolute atomic E-state index is 0. The molecular weight excluding hydrogens is 394 g/mol. The van der Waals surface area contributed by atoms with E-state index in [1.807, 2.05) is 18.7 Å². The lowest BCUT2D eigenvalue weighted by atomic mass is 10.1. The maximum atomic E-state index is 12.4. The Morgan fingerprint density at radius 3 is 2.31 bits per heavy atom. The van der Waals surface area contributed by atoms with Gasteiger partial charge < -0.3 is 25.0 Å². The lowest BCUT2D eigenvalue weighted by molar-refractivity contribution is -0.134. The van der Waals surface area contributed by atoms with Crippen LogP contribution in [0, 0.1) is 13.8 Å². The largest absolute Gasteiger partial charge is 0.483 e. The van der Waals surface area contributed by atoms with E-state index in [-0.39, 0.29) is 30.8 Å². The minimum atomic E-state index is -0.115. The van der Waals surface area contributed by atoms with Crippen molar-refractivity contribution in [1.82, 2.24) is 15.5 Å². The predicted molar refractivity (Wildman–Crippen MR) is 116 cm³/mol. The molecule has 0 saturated carbocycles. The summed E-state index contributed by atoms with van der Waals surface area (Å²) in [5.74, 6) is 0.597. The Bertz CT molecular complexity index is 640. The molecule has 1 saturated heterocycles. The van der Waals surface area contributed by atoms with Gasteiger partial charge in [-0.3, -0.25) is 9.59 Å². The summed E-state index contributed by atoms with van der Waals surface area (Å²) in [6.45, 7) is 8.12. The maximum Gasteiger partial charge on any atom is 0.260 e. The van der Waals surface area contributed by atoms with E-state index in [0.717, 1.165) is 43.6 Å². The number of aryl methyl sites for hydroxylation is 2. The van der Waals surface area contributed by atoms with E-state index in [9.17, 15) is 9.59 Å². The van der Waals surface area contributed by atoms with Gasteiger partial charge in [0.25, 0.3) is 11.8 Å². The van der Waals surface area contributed by atoms with Crippen LogP contribution in [0.3, 0.4) is 0 Å². The van der Waals surface area contributed by atoms with Gasteiger partial charge in [0.15, 0.2) is 6.61 Å². The molecule has 29 heavy (non-hydrogen) atoms. The summed E-state index contributed by atoms with van der Waals surface area (Å²) in [7, 11) is 1.66. The highest BCUT2D eigenvalue weighted by Crippen LogP contribution is 2.25. The van der Waals surface area contributed by atoms with Gasteiger partial charge in [-0.15, -0.1) is 12.4 Å². The van der Waals surface area contributed by atoms with E-state index in [2.05, 4.69) is 10.6 Å². The average Bonchev–Trinajstić information content (AvgIpc) is 2.70. The molecule has 2 rings (SSSR count). The minimum Gasteiger partial charge on any atom is -0.483 e. The highest BCUT2D eigenvalue weighted by molar-refractivity contribution is 5.95. The lowest BCUT2D eigenvalue weighted by Gasteiger charge is -2.26. The molecule has 0 radical (unpaired) electrons. The van der Waals surface area contributed by atoms with E-state index in [1.165, 1.54) is 6.42 Å². The Labute approximate surface area is 179 Å². The van der Waals surface area contributed by atoms with Crippen LogP contribution < -0.4 is 15.4 Å². The first kappa shape index (κ1) is 25.2. The zero-order valence-corrected chi connectivity index (χ0v) is 18.5. The molecule has 1 aromatic carbocycles. The van der Waals surface area contributed by atoms with Crippen LogP contribution >= 0.6 is 12.4 Å². The third-order valence-electron chi connectivity index (χ3n) is 4.84. The lowest BCUT2D eigenvalue weighted by Crippen LogP contribution is -2.38. The van der Waals surface area contributed by atoms with Crippen molar-refractivity contribution < 1.29 is 19.1 Å². The van der Waals surface area contributed by atoms with Gasteiger partial charge in [-0.1, -0.05) is 0 Å². The van der Waals surface area contributed by atoms with Crippen LogP contribution in [0.5, 0.6) is 5.75 Å². The molecule has 1 aliphatic rings. The van der Waals surface area contributed by atoms with Crippen LogP contribution in [-0.2, 0) is 9.53 Å². The highest BCUT2D eigenvalue weighted by Gasteiger charge is 2.18. The Balaban J connectivity index is 0.00000420. The third-order valence-corrected chi connectivity index (χ3v) is 4.84. The van der Waals surface area contributed by atoms with Crippen molar-refractivity contribution in [2.24, 2.45) is 0 Å². The number of hydrogen-bond donors (Lipinski definition) is 2. The Hall–Kier alpha value is -1.83. The second kappa shape index (κ2) is 13.4. The molecule has 0 spiro atoms. The quantitative estimate of drug-likeness (QED) is 0.559. The molecule has 1 aromatic rings. The highest BCUT2D eigenvalue weighted by atomic mass is 35.5. The number of methoxy groups -OCH3 is 1. The van der Waals surface area contributed by atoms with E-state index < -0.39 is 0 Å². The first-order valence-corrected chi connectivity index (χ1v) is 10.0. The SMILES string of the molecule is COCCNCCNC(=O)c1cc(C)c(OCC(=O)N2CCCCC2)c(C)c1.Cl. The first-order chi connectivity index (χ1) is 13.5. The van der Waals surface area contributed by atoms with Crippen molar-refractivity contribution in [2.45, 2.75) is 33.1 Å². The number of amides is 2. The standard InChI is InChI=1S/C21H33N3O4.ClH/c1-16-13-18(21(26)23-8-7-22-9-12-27-3)14-17(2)20(16)28-15-19(25)24-10-5-4-6-11-24;/h13-14,22H,4-12,15H2,1-3H3,(H,23,26);1H. The summed E-state index contributed by atoms with van der Waals surface area (Å²) in [5, 5.41) is 6.08. The molecule has 164 valence electrons. The topological polar surface area (TPSA) is 79.9 Å². The Morgan fingerprint density at radius 2 is 1.69 bits per heavy atom. The number of nitrogens with one attached hydrogen (secondary N) is 2. The molecule has 0 atom stereocenters. The Kier molecular flexibility index (Phi) is 11.7. The van der Waals surface area contributed by atoms with Crippen molar-refractivity contribution in [2.75, 3.05) is 53.0 Å². The summed E-state index contributed by atoms with van der Waals surface area (Å²) in [4.78, 5) is 26.5. The molecule has 1 heterocycles. The fourth-order valence-corrected chi connectivity index (χ4v) is 3.34. The van der Waals surface area contributed by atoms with Gasteiger partial charge in [0, 0.05) is 45.4 Å². The molecular formula is C21H34ClN3O4. The number of ether oxygens (including phenoxy) is 2. The summed E-state index contributed by atoms with van der Waals surface area (Å²) in [5.41, 5.74) is 2.31. The van der Waals surface area contributed by atoms with Gasteiger partial charge in [-0.2, -0.15) is 0 Å². The van der Waals surface area contributed by atoms with Gasteiger partial charge in [-0.25, -0.2) is 0 Å². The number of carbonyl (C=O) groups is 2. The van der Waals surface area contributed by atoms with Crippen LogP contribution in [0.1, 0.15) is 40.7 Å².